The topological polar surface area (TPSA) is 55.6 Å². The lowest BCUT2D eigenvalue weighted by atomic mass is 10.1. The number of likely N-dealkylation sites (N-methyl/N-ethyl adjacent to an activating group) is 1. The van der Waals surface area contributed by atoms with Gasteiger partial charge in [-0.05, 0) is 19.1 Å². The zero-order valence-corrected chi connectivity index (χ0v) is 10.2. The van der Waals surface area contributed by atoms with Gasteiger partial charge in [-0.25, -0.2) is 4.39 Å². The molecule has 0 radical (unpaired) electrons. The molecule has 0 aliphatic rings. The highest BCUT2D eigenvalue weighted by molar-refractivity contribution is 5.99. The summed E-state index contributed by atoms with van der Waals surface area (Å²) in [6.07, 6.45) is 0. The van der Waals surface area contributed by atoms with Crippen LogP contribution in [0.15, 0.2) is 18.2 Å². The van der Waals surface area contributed by atoms with E-state index in [2.05, 4.69) is 0 Å². The first kappa shape index (κ1) is 13.4. The lowest BCUT2D eigenvalue weighted by molar-refractivity contribution is 0.0634. The molecule has 17 heavy (non-hydrogen) atoms. The van der Waals surface area contributed by atoms with Crippen LogP contribution in [0.5, 0.6) is 0 Å². The SMILES string of the molecule is COCC(C)N(C)C(=O)c1cccc(F)c1N. The number of benzene rings is 1. The van der Waals surface area contributed by atoms with Crippen molar-refractivity contribution >= 4 is 11.6 Å². The first-order chi connectivity index (χ1) is 7.99. The smallest absolute Gasteiger partial charge is 0.256 e. The van der Waals surface area contributed by atoms with Gasteiger partial charge in [0.25, 0.3) is 5.91 Å². The summed E-state index contributed by atoms with van der Waals surface area (Å²) in [7, 11) is 3.20. The summed E-state index contributed by atoms with van der Waals surface area (Å²) >= 11 is 0. The number of hydrogen-bond acceptors (Lipinski definition) is 3. The Balaban J connectivity index is 2.93. The Morgan fingerprint density at radius 1 is 1.59 bits per heavy atom. The average molecular weight is 240 g/mol. The number of para-hydroxylation sites is 1. The van der Waals surface area contributed by atoms with E-state index in [1.54, 1.807) is 14.2 Å². The van der Waals surface area contributed by atoms with E-state index >= 15 is 0 Å². The lowest BCUT2D eigenvalue weighted by Gasteiger charge is -2.24. The third-order valence-electron chi connectivity index (χ3n) is 2.67. The van der Waals surface area contributed by atoms with Gasteiger partial charge < -0.3 is 15.4 Å². The van der Waals surface area contributed by atoms with Crippen LogP contribution in [0.3, 0.4) is 0 Å². The molecule has 1 amide bonds. The zero-order valence-electron chi connectivity index (χ0n) is 10.2. The van der Waals surface area contributed by atoms with Crippen LogP contribution in [-0.2, 0) is 4.74 Å². The molecule has 5 heteroatoms. The lowest BCUT2D eigenvalue weighted by Crippen LogP contribution is -2.38. The number of nitrogen functional groups attached to an aromatic ring is 1. The number of nitrogens with two attached hydrogens (primary N) is 1. The number of carbonyl (C=O) groups is 1. The molecular weight excluding hydrogens is 223 g/mol. The number of amides is 1. The highest BCUT2D eigenvalue weighted by Gasteiger charge is 2.20. The van der Waals surface area contributed by atoms with Gasteiger partial charge >= 0.3 is 0 Å². The Morgan fingerprint density at radius 3 is 2.82 bits per heavy atom. The van der Waals surface area contributed by atoms with Gasteiger partial charge in [0.1, 0.15) is 5.82 Å². The third kappa shape index (κ3) is 2.94. The fraction of sp³-hybridized carbons (Fsp3) is 0.417. The maximum absolute atomic E-state index is 13.2. The number of carbonyl (C=O) groups excluding carboxylic acids is 1. The Hall–Kier alpha value is -1.62. The second-order valence-corrected chi connectivity index (χ2v) is 3.92. The summed E-state index contributed by atoms with van der Waals surface area (Å²) in [6.45, 7) is 2.26. The largest absolute Gasteiger partial charge is 0.396 e. The Labute approximate surface area is 100 Å². The van der Waals surface area contributed by atoms with Crippen LogP contribution in [0, 0.1) is 5.82 Å². The molecule has 0 bridgehead atoms. The predicted octanol–water partition coefficient (Wildman–Crippen LogP) is 1.51. The van der Waals surface area contributed by atoms with Gasteiger partial charge in [-0.1, -0.05) is 6.07 Å². The summed E-state index contributed by atoms with van der Waals surface area (Å²) in [5, 5.41) is 0. The summed E-state index contributed by atoms with van der Waals surface area (Å²) in [5.41, 5.74) is 5.60. The van der Waals surface area contributed by atoms with Gasteiger partial charge in [-0.3, -0.25) is 4.79 Å². The maximum atomic E-state index is 13.2. The molecule has 4 nitrogen and oxygen atoms in total. The molecule has 0 saturated carbocycles. The maximum Gasteiger partial charge on any atom is 0.256 e. The van der Waals surface area contributed by atoms with Gasteiger partial charge in [0.2, 0.25) is 0 Å². The van der Waals surface area contributed by atoms with Crippen LogP contribution in [0.25, 0.3) is 0 Å². The molecule has 0 aliphatic heterocycles. The molecule has 1 aromatic rings. The van der Waals surface area contributed by atoms with Crippen molar-refractivity contribution in [3.8, 4) is 0 Å². The van der Waals surface area contributed by atoms with Crippen LogP contribution in [0.4, 0.5) is 10.1 Å². The van der Waals surface area contributed by atoms with Crippen molar-refractivity contribution in [3.63, 3.8) is 0 Å². The summed E-state index contributed by atoms with van der Waals surface area (Å²) in [6, 6.07) is 4.10. The molecule has 1 unspecified atom stereocenters. The predicted molar refractivity (Wildman–Crippen MR) is 64.2 cm³/mol. The fourth-order valence-electron chi connectivity index (χ4n) is 1.47. The molecule has 0 aliphatic carbocycles. The second-order valence-electron chi connectivity index (χ2n) is 3.92. The number of ether oxygens (including phenoxy) is 1. The van der Waals surface area contributed by atoms with Crippen molar-refractivity contribution in [1.82, 2.24) is 4.90 Å². The molecule has 94 valence electrons. The zero-order chi connectivity index (χ0) is 13.0. The van der Waals surface area contributed by atoms with E-state index in [9.17, 15) is 9.18 Å². The van der Waals surface area contributed by atoms with Crippen molar-refractivity contribution in [2.24, 2.45) is 0 Å². The minimum atomic E-state index is -0.580. The highest BCUT2D eigenvalue weighted by atomic mass is 19.1. The van der Waals surface area contributed by atoms with Crippen LogP contribution in [0.2, 0.25) is 0 Å². The van der Waals surface area contributed by atoms with Crippen LogP contribution in [-0.4, -0.2) is 37.6 Å². The van der Waals surface area contributed by atoms with E-state index < -0.39 is 5.82 Å². The first-order valence-corrected chi connectivity index (χ1v) is 5.29. The normalized spacial score (nSPS) is 12.2. The number of anilines is 1. The molecule has 0 fully saturated rings. The number of halogens is 1. The molecule has 0 heterocycles. The molecule has 2 N–H and O–H groups in total. The van der Waals surface area contributed by atoms with Gasteiger partial charge in [0.05, 0.1) is 23.9 Å². The molecular formula is C12H17FN2O2. The van der Waals surface area contributed by atoms with Crippen molar-refractivity contribution in [2.75, 3.05) is 26.5 Å². The first-order valence-electron chi connectivity index (χ1n) is 5.29. The fourth-order valence-corrected chi connectivity index (χ4v) is 1.47. The van der Waals surface area contributed by atoms with E-state index in [0.717, 1.165) is 0 Å². The summed E-state index contributed by atoms with van der Waals surface area (Å²) in [5.74, 6) is -0.893. The monoisotopic (exact) mass is 240 g/mol. The minimum Gasteiger partial charge on any atom is -0.396 e. The molecule has 1 rings (SSSR count). The number of methoxy groups -OCH3 is 1. The Kier molecular flexibility index (Phi) is 4.45. The van der Waals surface area contributed by atoms with Gasteiger partial charge in [-0.2, -0.15) is 0 Å². The van der Waals surface area contributed by atoms with Crippen LogP contribution >= 0.6 is 0 Å². The summed E-state index contributed by atoms with van der Waals surface area (Å²) in [4.78, 5) is 13.5. The minimum absolute atomic E-state index is 0.102. The second kappa shape index (κ2) is 5.63. The van der Waals surface area contributed by atoms with E-state index in [1.807, 2.05) is 6.92 Å². The molecule has 0 spiro atoms. The van der Waals surface area contributed by atoms with E-state index in [0.29, 0.717) is 6.61 Å². The van der Waals surface area contributed by atoms with Crippen molar-refractivity contribution < 1.29 is 13.9 Å². The van der Waals surface area contributed by atoms with Crippen molar-refractivity contribution in [1.29, 1.82) is 0 Å². The van der Waals surface area contributed by atoms with Gasteiger partial charge in [0, 0.05) is 14.2 Å². The molecule has 0 aromatic heterocycles. The molecule has 0 saturated heterocycles. The average Bonchev–Trinajstić information content (AvgIpc) is 2.31. The number of hydrogen-bond donors (Lipinski definition) is 1. The third-order valence-corrected chi connectivity index (χ3v) is 2.67. The van der Waals surface area contributed by atoms with E-state index in [1.165, 1.54) is 23.1 Å². The van der Waals surface area contributed by atoms with Gasteiger partial charge in [0.15, 0.2) is 0 Å². The van der Waals surface area contributed by atoms with E-state index in [-0.39, 0.29) is 23.2 Å². The van der Waals surface area contributed by atoms with Gasteiger partial charge in [-0.15, -0.1) is 0 Å². The van der Waals surface area contributed by atoms with E-state index in [4.69, 9.17) is 10.5 Å². The highest BCUT2D eigenvalue weighted by Crippen LogP contribution is 2.18. The Bertz CT molecular complexity index is 409. The van der Waals surface area contributed by atoms with Crippen LogP contribution in [0.1, 0.15) is 17.3 Å². The summed E-state index contributed by atoms with van der Waals surface area (Å²) < 4.78 is 18.2. The Morgan fingerprint density at radius 2 is 2.24 bits per heavy atom. The van der Waals surface area contributed by atoms with Crippen molar-refractivity contribution in [2.45, 2.75) is 13.0 Å². The van der Waals surface area contributed by atoms with Crippen molar-refractivity contribution in [3.05, 3.63) is 29.6 Å². The number of rotatable bonds is 4. The quantitative estimate of drug-likeness (QED) is 0.812. The van der Waals surface area contributed by atoms with Crippen LogP contribution < -0.4 is 5.73 Å². The molecule has 1 atom stereocenters. The standard InChI is InChI=1S/C12H17FN2O2/c1-8(7-17-3)15(2)12(16)9-5-4-6-10(13)11(9)14/h4-6,8H,7,14H2,1-3H3. The molecule has 1 aromatic carbocycles. The number of nitrogens with zero attached hydrogens (tertiary/aromatic N) is 1.